The summed E-state index contributed by atoms with van der Waals surface area (Å²) >= 11 is 0. The van der Waals surface area contributed by atoms with E-state index in [-0.39, 0.29) is 45.0 Å². The third-order valence-electron chi connectivity index (χ3n) is 11.3. The Labute approximate surface area is 324 Å². The molecule has 2 bridgehead atoms. The van der Waals surface area contributed by atoms with Crippen LogP contribution in [0.25, 0.3) is 0 Å². The second kappa shape index (κ2) is 16.1. The zero-order chi connectivity index (χ0) is 39.6. The van der Waals surface area contributed by atoms with Gasteiger partial charge in [-0.2, -0.15) is 0 Å². The van der Waals surface area contributed by atoms with Crippen LogP contribution in [0.1, 0.15) is 74.5 Å². The summed E-state index contributed by atoms with van der Waals surface area (Å²) in [6.07, 6.45) is 3.10. The van der Waals surface area contributed by atoms with E-state index in [4.69, 9.17) is 9.47 Å². The molecule has 2 saturated carbocycles. The number of hydrogen-bond acceptors (Lipinski definition) is 10. The molecule has 7 rings (SSSR count). The van der Waals surface area contributed by atoms with E-state index in [9.17, 15) is 36.8 Å². The predicted octanol–water partition coefficient (Wildman–Crippen LogP) is 3.59. The SMILES string of the molecule is C=C[C@@H]1C[C@@]12NC(=O)[C@@H]1C[C@@H](OC(=O)N3Cc4cccc(F)c4C3)CN1C(=O)[C@@H](NC(=O)OC1CCCC1)CCCCNc1cccc(c1)CS(=O)(=O)NC2=O. The lowest BCUT2D eigenvalue weighted by molar-refractivity contribution is -0.141. The summed E-state index contributed by atoms with van der Waals surface area (Å²) in [6.45, 7) is 4.10. The Hall–Kier alpha value is -5.19. The number of alkyl carbamates (subject to hydrolysis) is 1. The van der Waals surface area contributed by atoms with Gasteiger partial charge in [-0.25, -0.2) is 22.4 Å². The number of ether oxygens (including phenoxy) is 2. The fourth-order valence-corrected chi connectivity index (χ4v) is 9.35. The molecule has 0 radical (unpaired) electrons. The Morgan fingerprint density at radius 1 is 0.982 bits per heavy atom. The van der Waals surface area contributed by atoms with Gasteiger partial charge in [0.1, 0.15) is 35.6 Å². The van der Waals surface area contributed by atoms with Gasteiger partial charge in [0.2, 0.25) is 21.8 Å². The first-order valence-electron chi connectivity index (χ1n) is 19.2. The third kappa shape index (κ3) is 8.61. The van der Waals surface area contributed by atoms with Crippen LogP contribution in [0.5, 0.6) is 0 Å². The second-order valence-corrected chi connectivity index (χ2v) is 17.0. The predicted molar refractivity (Wildman–Crippen MR) is 200 cm³/mol. The molecule has 2 aromatic carbocycles. The molecular weight excluding hydrogens is 748 g/mol. The number of nitrogens with one attached hydrogen (secondary N) is 4. The maximum Gasteiger partial charge on any atom is 0.410 e. The first kappa shape index (κ1) is 39.1. The number of amides is 5. The van der Waals surface area contributed by atoms with E-state index in [1.807, 2.05) is 0 Å². The zero-order valence-corrected chi connectivity index (χ0v) is 31.8. The highest BCUT2D eigenvalue weighted by atomic mass is 32.2. The third-order valence-corrected chi connectivity index (χ3v) is 12.5. The van der Waals surface area contributed by atoms with E-state index < -0.39 is 81.1 Å². The molecule has 1 spiro atoms. The topological polar surface area (TPSA) is 193 Å². The number of nitrogens with zero attached hydrogens (tertiary/aromatic N) is 2. The highest BCUT2D eigenvalue weighted by molar-refractivity contribution is 7.89. The van der Waals surface area contributed by atoms with Gasteiger partial charge in [0.05, 0.1) is 18.8 Å². The summed E-state index contributed by atoms with van der Waals surface area (Å²) in [5.41, 5.74) is 0.444. The Morgan fingerprint density at radius 2 is 1.75 bits per heavy atom. The summed E-state index contributed by atoms with van der Waals surface area (Å²) < 4.78 is 54.6. The summed E-state index contributed by atoms with van der Waals surface area (Å²) in [6, 6.07) is 8.98. The summed E-state index contributed by atoms with van der Waals surface area (Å²) in [5, 5.41) is 8.71. The van der Waals surface area contributed by atoms with Crippen LogP contribution in [0.2, 0.25) is 0 Å². The monoisotopic (exact) mass is 794 g/mol. The van der Waals surface area contributed by atoms with Crippen molar-refractivity contribution >= 4 is 45.6 Å². The number of hydrogen-bond donors (Lipinski definition) is 4. The number of anilines is 1. The van der Waals surface area contributed by atoms with Gasteiger partial charge >= 0.3 is 12.2 Å². The minimum absolute atomic E-state index is 0.0155. The van der Waals surface area contributed by atoms with Gasteiger partial charge in [-0.15, -0.1) is 6.58 Å². The van der Waals surface area contributed by atoms with Crippen molar-refractivity contribution in [1.82, 2.24) is 25.2 Å². The second-order valence-electron chi connectivity index (χ2n) is 15.3. The molecule has 300 valence electrons. The maximum absolute atomic E-state index is 14.5. The van der Waals surface area contributed by atoms with Crippen molar-refractivity contribution in [1.29, 1.82) is 0 Å². The molecule has 3 fully saturated rings. The van der Waals surface area contributed by atoms with E-state index >= 15 is 0 Å². The largest absolute Gasteiger partial charge is 0.446 e. The molecule has 0 unspecified atom stereocenters. The number of carbonyl (C=O) groups excluding carboxylic acids is 5. The molecule has 17 heteroatoms. The summed E-state index contributed by atoms with van der Waals surface area (Å²) in [7, 11) is -4.22. The van der Waals surface area contributed by atoms with Crippen molar-refractivity contribution < 1.29 is 46.3 Å². The van der Waals surface area contributed by atoms with E-state index in [0.29, 0.717) is 41.8 Å². The lowest BCUT2D eigenvalue weighted by Gasteiger charge is -2.30. The Balaban J connectivity index is 1.15. The molecule has 5 atom stereocenters. The fourth-order valence-electron chi connectivity index (χ4n) is 8.20. The van der Waals surface area contributed by atoms with Gasteiger partial charge in [0.25, 0.3) is 5.91 Å². The molecule has 15 nitrogen and oxygen atoms in total. The molecule has 56 heavy (non-hydrogen) atoms. The number of sulfonamides is 1. The summed E-state index contributed by atoms with van der Waals surface area (Å²) in [4.78, 5) is 71.7. The van der Waals surface area contributed by atoms with Crippen LogP contribution in [0.3, 0.4) is 0 Å². The van der Waals surface area contributed by atoms with Crippen LogP contribution < -0.4 is 20.7 Å². The average molecular weight is 795 g/mol. The highest BCUT2D eigenvalue weighted by Gasteiger charge is 2.61. The zero-order valence-electron chi connectivity index (χ0n) is 31.0. The van der Waals surface area contributed by atoms with Gasteiger partial charge < -0.3 is 30.3 Å². The number of halogens is 1. The van der Waals surface area contributed by atoms with E-state index in [2.05, 4.69) is 27.3 Å². The normalized spacial score (nSPS) is 28.1. The standard InChI is InChI=1S/C39H47FN6O9S/c1-2-26-19-39(26)36(49)44-56(52,53)23-24-9-7-11-27(17-24)41-16-6-5-15-32(42-37(50)54-28-12-3-4-13-28)35(48)46-21-29(18-33(46)34(47)43-39)55-38(51)45-20-25-10-8-14-31(40)30(25)22-45/h2,7-11,14,17,26,28-29,32-33,41H,1,3-6,12-13,15-16,18-23H2,(H,42,50)(H,43,47)(H,44,49)/t26-,29-,32+,33+,39-/m1/s1. The number of fused-ring (bicyclic) bond motifs is 4. The Morgan fingerprint density at radius 3 is 2.50 bits per heavy atom. The van der Waals surface area contributed by atoms with Crippen LogP contribution in [0.4, 0.5) is 19.7 Å². The molecule has 2 aromatic rings. The lowest BCUT2D eigenvalue weighted by atomic mass is 10.1. The van der Waals surface area contributed by atoms with Crippen LogP contribution in [-0.4, -0.2) is 91.0 Å². The van der Waals surface area contributed by atoms with Gasteiger partial charge in [-0.05, 0) is 80.7 Å². The first-order chi connectivity index (χ1) is 26.8. The molecule has 2 aliphatic carbocycles. The van der Waals surface area contributed by atoms with Gasteiger partial charge in [-0.3, -0.25) is 24.0 Å². The minimum atomic E-state index is -4.22. The number of carbonyl (C=O) groups is 5. The Kier molecular flexibility index (Phi) is 11.2. The van der Waals surface area contributed by atoms with E-state index in [0.717, 1.165) is 25.7 Å². The highest BCUT2D eigenvalue weighted by Crippen LogP contribution is 2.45. The first-order valence-corrected chi connectivity index (χ1v) is 20.8. The Bertz CT molecular complexity index is 2010. The van der Waals surface area contributed by atoms with E-state index in [1.165, 1.54) is 21.9 Å². The minimum Gasteiger partial charge on any atom is -0.446 e. The van der Waals surface area contributed by atoms with Crippen molar-refractivity contribution in [3.05, 3.63) is 77.6 Å². The molecule has 3 aliphatic heterocycles. The van der Waals surface area contributed by atoms with Crippen molar-refractivity contribution in [3.8, 4) is 0 Å². The quantitative estimate of drug-likeness (QED) is 0.333. The molecule has 5 aliphatic rings. The average Bonchev–Trinajstić information content (AvgIpc) is 3.56. The van der Waals surface area contributed by atoms with Crippen LogP contribution in [0, 0.1) is 11.7 Å². The van der Waals surface area contributed by atoms with Gasteiger partial charge in [0, 0.05) is 36.7 Å². The lowest BCUT2D eigenvalue weighted by Crippen LogP contribution is -2.58. The van der Waals surface area contributed by atoms with Gasteiger partial charge in [-0.1, -0.05) is 30.3 Å². The van der Waals surface area contributed by atoms with Crippen LogP contribution in [-0.2, 0) is 52.7 Å². The fraction of sp³-hybridized carbons (Fsp3) is 0.513. The van der Waals surface area contributed by atoms with Crippen molar-refractivity contribution in [2.75, 3.05) is 18.4 Å². The molecule has 5 amide bonds. The van der Waals surface area contributed by atoms with Crippen molar-refractivity contribution in [3.63, 3.8) is 0 Å². The molecular formula is C39H47FN6O9S. The molecule has 4 N–H and O–H groups in total. The number of benzene rings is 2. The smallest absolute Gasteiger partial charge is 0.410 e. The summed E-state index contributed by atoms with van der Waals surface area (Å²) in [5.74, 6) is -3.88. The van der Waals surface area contributed by atoms with Crippen LogP contribution in [0.15, 0.2) is 55.1 Å². The van der Waals surface area contributed by atoms with Crippen LogP contribution >= 0.6 is 0 Å². The van der Waals surface area contributed by atoms with Crippen molar-refractivity contribution in [2.45, 2.75) is 106 Å². The maximum atomic E-state index is 14.5. The van der Waals surface area contributed by atoms with Crippen molar-refractivity contribution in [2.24, 2.45) is 5.92 Å². The molecule has 3 heterocycles. The van der Waals surface area contributed by atoms with Gasteiger partial charge in [0.15, 0.2) is 0 Å². The van der Waals surface area contributed by atoms with E-state index in [1.54, 1.807) is 36.4 Å². The molecule has 0 aromatic heterocycles. The molecule has 1 saturated heterocycles. The number of rotatable bonds is 4.